The molecule has 1 unspecified atom stereocenters. The van der Waals surface area contributed by atoms with Crippen LogP contribution < -0.4 is 5.32 Å². The van der Waals surface area contributed by atoms with Crippen molar-refractivity contribution in [3.05, 3.63) is 55.9 Å². The molecule has 0 saturated heterocycles. The Labute approximate surface area is 126 Å². The Morgan fingerprint density at radius 1 is 1.37 bits per heavy atom. The second kappa shape index (κ2) is 6.64. The molecule has 1 aromatic carbocycles. The van der Waals surface area contributed by atoms with E-state index in [2.05, 4.69) is 41.2 Å². The molecule has 0 amide bonds. The Hall–Kier alpha value is -0.710. The molecule has 1 heterocycles. The Kier molecular flexibility index (Phi) is 5.13. The van der Waals surface area contributed by atoms with Crippen molar-refractivity contribution in [1.29, 1.82) is 0 Å². The maximum absolute atomic E-state index is 13.8. The first-order valence-electron chi connectivity index (χ1n) is 6.34. The third-order valence-corrected chi connectivity index (χ3v) is 5.07. The lowest BCUT2D eigenvalue weighted by atomic mass is 10.0. The number of rotatable bonds is 5. The number of halogens is 2. The van der Waals surface area contributed by atoms with E-state index in [-0.39, 0.29) is 11.9 Å². The molecule has 2 rings (SSSR count). The van der Waals surface area contributed by atoms with Crippen LogP contribution in [0.2, 0.25) is 0 Å². The summed E-state index contributed by atoms with van der Waals surface area (Å²) in [5, 5.41) is 3.44. The highest BCUT2D eigenvalue weighted by Crippen LogP contribution is 2.34. The van der Waals surface area contributed by atoms with Crippen molar-refractivity contribution in [2.75, 3.05) is 6.54 Å². The lowest BCUT2D eigenvalue weighted by Gasteiger charge is -2.17. The average molecular weight is 342 g/mol. The Balaban J connectivity index is 2.26. The van der Waals surface area contributed by atoms with Crippen LogP contribution in [0.5, 0.6) is 0 Å². The van der Waals surface area contributed by atoms with Crippen LogP contribution in [0.25, 0.3) is 0 Å². The predicted molar refractivity (Wildman–Crippen MR) is 83.3 cm³/mol. The second-order valence-electron chi connectivity index (χ2n) is 4.48. The van der Waals surface area contributed by atoms with Gasteiger partial charge < -0.3 is 5.32 Å². The van der Waals surface area contributed by atoms with Crippen molar-refractivity contribution in [3.63, 3.8) is 0 Å². The summed E-state index contributed by atoms with van der Waals surface area (Å²) < 4.78 is 14.9. The van der Waals surface area contributed by atoms with E-state index in [0.717, 1.165) is 16.6 Å². The van der Waals surface area contributed by atoms with Crippen LogP contribution in [0.1, 0.15) is 28.3 Å². The van der Waals surface area contributed by atoms with Crippen molar-refractivity contribution in [1.82, 2.24) is 5.32 Å². The zero-order valence-corrected chi connectivity index (χ0v) is 13.4. The normalized spacial score (nSPS) is 12.6. The monoisotopic (exact) mass is 341 g/mol. The van der Waals surface area contributed by atoms with E-state index in [0.29, 0.717) is 6.42 Å². The highest BCUT2D eigenvalue weighted by Gasteiger charge is 2.18. The van der Waals surface area contributed by atoms with E-state index in [9.17, 15) is 4.39 Å². The summed E-state index contributed by atoms with van der Waals surface area (Å²) in [7, 11) is 0. The van der Waals surface area contributed by atoms with E-state index < -0.39 is 0 Å². The Morgan fingerprint density at radius 2 is 2.11 bits per heavy atom. The summed E-state index contributed by atoms with van der Waals surface area (Å²) in [4.78, 5) is 2.50. The molecule has 1 aromatic heterocycles. The molecule has 0 aliphatic rings. The van der Waals surface area contributed by atoms with Crippen LogP contribution >= 0.6 is 27.3 Å². The van der Waals surface area contributed by atoms with Crippen molar-refractivity contribution >= 4 is 27.3 Å². The summed E-state index contributed by atoms with van der Waals surface area (Å²) in [6.45, 7) is 5.02. The molecule has 0 aliphatic carbocycles. The van der Waals surface area contributed by atoms with Gasteiger partial charge in [0.25, 0.3) is 0 Å². The smallest absolute Gasteiger partial charge is 0.126 e. The predicted octanol–water partition coefficient (Wildman–Crippen LogP) is 4.85. The van der Waals surface area contributed by atoms with Gasteiger partial charge in [0, 0.05) is 20.3 Å². The average Bonchev–Trinajstić information content (AvgIpc) is 2.70. The molecule has 4 heteroatoms. The van der Waals surface area contributed by atoms with E-state index in [4.69, 9.17) is 0 Å². The van der Waals surface area contributed by atoms with Crippen LogP contribution in [0.15, 0.2) is 34.8 Å². The summed E-state index contributed by atoms with van der Waals surface area (Å²) in [5.74, 6) is -0.130. The minimum absolute atomic E-state index is 0.130. The summed E-state index contributed by atoms with van der Waals surface area (Å²) in [6, 6.07) is 9.25. The van der Waals surface area contributed by atoms with Crippen molar-refractivity contribution in [2.24, 2.45) is 0 Å². The molecular formula is C15H17BrFNS. The third-order valence-electron chi connectivity index (χ3n) is 2.99. The van der Waals surface area contributed by atoms with Gasteiger partial charge in [-0.2, -0.15) is 0 Å². The lowest BCUT2D eigenvalue weighted by molar-refractivity contribution is 0.533. The molecule has 102 valence electrons. The number of aryl methyl sites for hydroxylation is 1. The molecule has 1 atom stereocenters. The van der Waals surface area contributed by atoms with Crippen molar-refractivity contribution in [2.45, 2.75) is 26.3 Å². The molecule has 2 aromatic rings. The van der Waals surface area contributed by atoms with Crippen LogP contribution in [0.3, 0.4) is 0 Å². The van der Waals surface area contributed by atoms with Crippen molar-refractivity contribution < 1.29 is 4.39 Å². The number of benzene rings is 1. The van der Waals surface area contributed by atoms with Gasteiger partial charge in [-0.25, -0.2) is 4.39 Å². The molecule has 0 aliphatic heterocycles. The van der Waals surface area contributed by atoms with E-state index in [1.165, 1.54) is 15.8 Å². The van der Waals surface area contributed by atoms with Gasteiger partial charge in [0.05, 0.1) is 0 Å². The third kappa shape index (κ3) is 3.65. The molecular weight excluding hydrogens is 325 g/mol. The van der Waals surface area contributed by atoms with Crippen LogP contribution in [-0.2, 0) is 6.42 Å². The highest BCUT2D eigenvalue weighted by molar-refractivity contribution is 9.10. The van der Waals surface area contributed by atoms with Crippen LogP contribution in [0, 0.1) is 12.7 Å². The van der Waals surface area contributed by atoms with Gasteiger partial charge in [-0.1, -0.05) is 25.1 Å². The maximum atomic E-state index is 13.8. The zero-order chi connectivity index (χ0) is 13.8. The fraction of sp³-hybridized carbons (Fsp3) is 0.333. The van der Waals surface area contributed by atoms with E-state index >= 15 is 0 Å². The minimum atomic E-state index is -0.130. The summed E-state index contributed by atoms with van der Waals surface area (Å²) in [5.41, 5.74) is 0.756. The molecule has 1 nitrogen and oxygen atoms in total. The fourth-order valence-electron chi connectivity index (χ4n) is 2.13. The molecule has 19 heavy (non-hydrogen) atoms. The van der Waals surface area contributed by atoms with Gasteiger partial charge in [-0.05, 0) is 53.5 Å². The Bertz CT molecular complexity index is 553. The van der Waals surface area contributed by atoms with Gasteiger partial charge in [0.15, 0.2) is 0 Å². The molecule has 0 bridgehead atoms. The number of likely N-dealkylation sites (N-methyl/N-ethyl adjacent to an activating group) is 1. The molecule has 0 radical (unpaired) electrons. The molecule has 0 saturated carbocycles. The van der Waals surface area contributed by atoms with Crippen molar-refractivity contribution in [3.8, 4) is 0 Å². The van der Waals surface area contributed by atoms with Gasteiger partial charge in [0.2, 0.25) is 0 Å². The molecule has 0 spiro atoms. The SMILES string of the molecule is CCNC(Cc1ccccc1F)c1sc(C)cc1Br. The summed E-state index contributed by atoms with van der Waals surface area (Å²) >= 11 is 5.35. The van der Waals surface area contributed by atoms with Crippen LogP contribution in [0.4, 0.5) is 4.39 Å². The lowest BCUT2D eigenvalue weighted by Crippen LogP contribution is -2.22. The quantitative estimate of drug-likeness (QED) is 0.819. The first-order chi connectivity index (χ1) is 9.11. The minimum Gasteiger partial charge on any atom is -0.309 e. The largest absolute Gasteiger partial charge is 0.309 e. The molecule has 0 fully saturated rings. The zero-order valence-electron chi connectivity index (χ0n) is 11.0. The van der Waals surface area contributed by atoms with E-state index in [1.807, 2.05) is 12.1 Å². The first-order valence-corrected chi connectivity index (χ1v) is 7.95. The Morgan fingerprint density at radius 3 is 2.68 bits per heavy atom. The topological polar surface area (TPSA) is 12.0 Å². The number of hydrogen-bond acceptors (Lipinski definition) is 2. The fourth-order valence-corrected chi connectivity index (χ4v) is 4.13. The molecule has 1 N–H and O–H groups in total. The van der Waals surface area contributed by atoms with Gasteiger partial charge >= 0.3 is 0 Å². The number of hydrogen-bond donors (Lipinski definition) is 1. The van der Waals surface area contributed by atoms with Gasteiger partial charge in [-0.15, -0.1) is 11.3 Å². The highest BCUT2D eigenvalue weighted by atomic mass is 79.9. The van der Waals surface area contributed by atoms with Gasteiger partial charge in [-0.3, -0.25) is 0 Å². The first kappa shape index (κ1) is 14.7. The number of thiophene rings is 1. The summed E-state index contributed by atoms with van der Waals surface area (Å²) in [6.07, 6.45) is 0.666. The standard InChI is InChI=1S/C15H17BrFNS/c1-3-18-14(15-12(16)8-10(2)19-15)9-11-6-4-5-7-13(11)17/h4-8,14,18H,3,9H2,1-2H3. The second-order valence-corrected chi connectivity index (χ2v) is 6.62. The van der Waals surface area contributed by atoms with Gasteiger partial charge in [0.1, 0.15) is 5.82 Å². The van der Waals surface area contributed by atoms with Crippen LogP contribution in [-0.4, -0.2) is 6.54 Å². The maximum Gasteiger partial charge on any atom is 0.126 e. The number of nitrogens with one attached hydrogen (secondary N) is 1. The van der Waals surface area contributed by atoms with E-state index in [1.54, 1.807) is 17.4 Å².